The van der Waals surface area contributed by atoms with Crippen LogP contribution in [-0.2, 0) is 4.79 Å². The van der Waals surface area contributed by atoms with Crippen LogP contribution in [0.15, 0.2) is 0 Å². The fraction of sp³-hybridized carbons (Fsp3) is 0.385. The Morgan fingerprint density at radius 2 is 1.93 bits per heavy atom. The molecule has 0 bridgehead atoms. The summed E-state index contributed by atoms with van der Waals surface area (Å²) in [6, 6.07) is 0. The molecule has 0 saturated heterocycles. The number of carbonyl (C=O) groups is 1. The van der Waals surface area contributed by atoms with E-state index in [4.69, 9.17) is 6.42 Å². The zero-order valence-corrected chi connectivity index (χ0v) is 9.21. The smallest absolute Gasteiger partial charge is 0.229 e. The molecule has 15 heavy (non-hydrogen) atoms. The van der Waals surface area contributed by atoms with Crippen molar-refractivity contribution in [2.45, 2.75) is 32.2 Å². The summed E-state index contributed by atoms with van der Waals surface area (Å²) < 4.78 is 0. The van der Waals surface area contributed by atoms with Gasteiger partial charge < -0.3 is 5.32 Å². The second kappa shape index (κ2) is 5.21. The predicted octanol–water partition coefficient (Wildman–Crippen LogP) is 1.70. The molecule has 0 aromatic carbocycles. The van der Waals surface area contributed by atoms with Crippen LogP contribution in [-0.4, -0.2) is 11.4 Å². The van der Waals surface area contributed by atoms with Crippen LogP contribution >= 0.6 is 0 Å². The summed E-state index contributed by atoms with van der Waals surface area (Å²) in [5, 5.41) is 2.91. The van der Waals surface area contributed by atoms with Crippen LogP contribution in [0.1, 0.15) is 26.7 Å². The van der Waals surface area contributed by atoms with Gasteiger partial charge in [-0.3, -0.25) is 4.79 Å². The average Bonchev–Trinajstić information content (AvgIpc) is 2.79. The molecule has 1 aliphatic carbocycles. The molecule has 0 aromatic heterocycles. The number of hydrogen-bond acceptors (Lipinski definition) is 1. The number of nitrogens with one attached hydrogen (secondary N) is 1. The highest BCUT2D eigenvalue weighted by Gasteiger charge is 2.31. The number of terminal acetylenes is 1. The Labute approximate surface area is 92.8 Å². The Morgan fingerprint density at radius 3 is 2.33 bits per heavy atom. The molecule has 2 nitrogen and oxygen atoms in total. The Hall–Kier alpha value is -0.970. The Kier molecular flexibility index (Phi) is 4.20. The van der Waals surface area contributed by atoms with Gasteiger partial charge in [-0.15, -0.1) is 6.42 Å². The minimum absolute atomic E-state index is 0.0957. The maximum absolute atomic E-state index is 11.8. The van der Waals surface area contributed by atoms with E-state index < -0.39 is 5.54 Å². The van der Waals surface area contributed by atoms with Crippen molar-refractivity contribution in [3.8, 4) is 12.3 Å². The predicted molar refractivity (Wildman–Crippen MR) is 60.7 cm³/mol. The molecular formula is C13H16NO. The largest absolute Gasteiger partial charge is 0.339 e. The number of hydrogen-bond donors (Lipinski definition) is 1. The van der Waals surface area contributed by atoms with Crippen LogP contribution in [0.2, 0.25) is 0 Å². The zero-order valence-electron chi connectivity index (χ0n) is 9.21. The molecule has 0 heterocycles. The number of carbonyl (C=O) groups excluding carboxylic acids is 1. The summed E-state index contributed by atoms with van der Waals surface area (Å²) in [5.41, 5.74) is -0.506. The van der Waals surface area contributed by atoms with Gasteiger partial charge in [0.2, 0.25) is 5.91 Å². The lowest BCUT2D eigenvalue weighted by atomic mass is 9.92. The first kappa shape index (κ1) is 12.1. The summed E-state index contributed by atoms with van der Waals surface area (Å²) in [4.78, 5) is 11.8. The molecule has 2 heteroatoms. The average molecular weight is 202 g/mol. The van der Waals surface area contributed by atoms with Gasteiger partial charge in [-0.25, -0.2) is 0 Å². The first-order valence-corrected chi connectivity index (χ1v) is 5.19. The molecule has 0 aromatic rings. The van der Waals surface area contributed by atoms with E-state index in [0.717, 1.165) is 12.8 Å². The molecule has 1 aliphatic rings. The molecule has 0 spiro atoms. The molecule has 1 rings (SSSR count). The molecule has 5 radical (unpaired) electrons. The highest BCUT2D eigenvalue weighted by Crippen LogP contribution is 2.24. The second-order valence-corrected chi connectivity index (χ2v) is 3.56. The summed E-state index contributed by atoms with van der Waals surface area (Å²) in [6.07, 6.45) is 14.2. The van der Waals surface area contributed by atoms with Gasteiger partial charge in [-0.05, 0) is 38.5 Å². The van der Waals surface area contributed by atoms with Crippen molar-refractivity contribution < 1.29 is 4.79 Å². The fourth-order valence-corrected chi connectivity index (χ4v) is 1.48. The third-order valence-corrected chi connectivity index (χ3v) is 2.76. The standard InChI is InChI=1S/C13H16NO/c1-4-13(5-2,6-3)14-12(15)11-9-7-8-10-11/h1,7-10H,5-6H2,2-3H3,(H,14,15). The highest BCUT2D eigenvalue weighted by atomic mass is 16.2. The molecule has 1 saturated carbocycles. The molecule has 1 fully saturated rings. The topological polar surface area (TPSA) is 29.1 Å². The SMILES string of the molecule is C#CC(CC)(CC)NC(=O)[C]1[CH][CH][CH][CH]1. The molecule has 0 aliphatic heterocycles. The maximum Gasteiger partial charge on any atom is 0.229 e. The minimum atomic E-state index is -0.506. The monoisotopic (exact) mass is 202 g/mol. The van der Waals surface area contributed by atoms with Crippen molar-refractivity contribution in [2.75, 3.05) is 0 Å². The van der Waals surface area contributed by atoms with E-state index in [0.29, 0.717) is 5.92 Å². The molecular weight excluding hydrogens is 186 g/mol. The fourth-order valence-electron chi connectivity index (χ4n) is 1.48. The van der Waals surface area contributed by atoms with Crippen molar-refractivity contribution in [1.29, 1.82) is 0 Å². The zero-order chi connectivity index (χ0) is 11.3. The van der Waals surface area contributed by atoms with Crippen molar-refractivity contribution in [2.24, 2.45) is 0 Å². The van der Waals surface area contributed by atoms with Gasteiger partial charge in [0.05, 0.1) is 5.92 Å². The van der Waals surface area contributed by atoms with E-state index in [-0.39, 0.29) is 5.91 Å². The Bertz CT molecular complexity index is 254. The Balaban J connectivity index is 2.58. The first-order chi connectivity index (χ1) is 7.17. The maximum atomic E-state index is 11.8. The van der Waals surface area contributed by atoms with Crippen LogP contribution in [0, 0.1) is 43.9 Å². The second-order valence-electron chi connectivity index (χ2n) is 3.56. The van der Waals surface area contributed by atoms with E-state index in [2.05, 4.69) is 11.2 Å². The van der Waals surface area contributed by atoms with Crippen molar-refractivity contribution in [1.82, 2.24) is 5.32 Å². The van der Waals surface area contributed by atoms with Gasteiger partial charge in [0.25, 0.3) is 0 Å². The van der Waals surface area contributed by atoms with Crippen LogP contribution in [0.4, 0.5) is 0 Å². The van der Waals surface area contributed by atoms with E-state index in [1.54, 1.807) is 12.8 Å². The number of amides is 1. The van der Waals surface area contributed by atoms with Crippen LogP contribution in [0.25, 0.3) is 0 Å². The summed E-state index contributed by atoms with van der Waals surface area (Å²) >= 11 is 0. The molecule has 79 valence electrons. The van der Waals surface area contributed by atoms with Gasteiger partial charge in [0, 0.05) is 0 Å². The summed E-state index contributed by atoms with van der Waals surface area (Å²) in [6.45, 7) is 3.96. The molecule has 1 N–H and O–H groups in total. The van der Waals surface area contributed by atoms with Crippen molar-refractivity contribution >= 4 is 5.91 Å². The quantitative estimate of drug-likeness (QED) is 0.691. The third kappa shape index (κ3) is 2.75. The Morgan fingerprint density at radius 1 is 1.40 bits per heavy atom. The normalized spacial score (nSPS) is 17.4. The van der Waals surface area contributed by atoms with Crippen LogP contribution in [0.3, 0.4) is 0 Å². The van der Waals surface area contributed by atoms with E-state index >= 15 is 0 Å². The van der Waals surface area contributed by atoms with Crippen molar-refractivity contribution in [3.05, 3.63) is 31.6 Å². The summed E-state index contributed by atoms with van der Waals surface area (Å²) in [5.74, 6) is 3.24. The molecule has 0 unspecified atom stereocenters. The lowest BCUT2D eigenvalue weighted by Gasteiger charge is -2.28. The molecule has 1 amide bonds. The van der Waals surface area contributed by atoms with Gasteiger partial charge in [-0.1, -0.05) is 19.8 Å². The lowest BCUT2D eigenvalue weighted by Crippen LogP contribution is -2.48. The van der Waals surface area contributed by atoms with Gasteiger partial charge in [0.15, 0.2) is 0 Å². The van der Waals surface area contributed by atoms with E-state index in [9.17, 15) is 4.79 Å². The van der Waals surface area contributed by atoms with Crippen LogP contribution < -0.4 is 5.32 Å². The molecule has 0 atom stereocenters. The minimum Gasteiger partial charge on any atom is -0.339 e. The third-order valence-electron chi connectivity index (χ3n) is 2.76. The van der Waals surface area contributed by atoms with E-state index in [1.165, 1.54) is 0 Å². The van der Waals surface area contributed by atoms with E-state index in [1.807, 2.05) is 26.7 Å². The first-order valence-electron chi connectivity index (χ1n) is 5.19. The lowest BCUT2D eigenvalue weighted by molar-refractivity contribution is -0.120. The van der Waals surface area contributed by atoms with Gasteiger partial charge in [-0.2, -0.15) is 0 Å². The highest BCUT2D eigenvalue weighted by molar-refractivity contribution is 5.96. The van der Waals surface area contributed by atoms with Gasteiger partial charge in [0.1, 0.15) is 5.54 Å². The number of rotatable bonds is 4. The van der Waals surface area contributed by atoms with Crippen LogP contribution in [0.5, 0.6) is 0 Å². The van der Waals surface area contributed by atoms with Crippen molar-refractivity contribution in [3.63, 3.8) is 0 Å². The van der Waals surface area contributed by atoms with Gasteiger partial charge >= 0.3 is 0 Å². The summed E-state index contributed by atoms with van der Waals surface area (Å²) in [7, 11) is 0.